The molecule has 1 atom stereocenters. The lowest BCUT2D eigenvalue weighted by Gasteiger charge is -2.19. The minimum absolute atomic E-state index is 0.0497. The number of nitrogens with zero attached hydrogens (tertiary/aromatic N) is 2. The summed E-state index contributed by atoms with van der Waals surface area (Å²) < 4.78 is 45.5. The molecule has 3 aromatic rings. The molecule has 0 fully saturated rings. The summed E-state index contributed by atoms with van der Waals surface area (Å²) >= 11 is 0. The number of alkyl halides is 3. The fraction of sp³-hybridized carbons (Fsp3) is 0.333. The molecule has 0 saturated heterocycles. The van der Waals surface area contributed by atoms with E-state index in [0.717, 1.165) is 12.8 Å². The molecule has 0 aliphatic heterocycles. The van der Waals surface area contributed by atoms with Crippen molar-refractivity contribution in [2.24, 2.45) is 5.92 Å². The number of ether oxygens (including phenoxy) is 1. The molecule has 5 nitrogen and oxygen atoms in total. The molecule has 2 aromatic carbocycles. The van der Waals surface area contributed by atoms with Crippen LogP contribution in [-0.4, -0.2) is 34.8 Å². The highest BCUT2D eigenvalue weighted by Crippen LogP contribution is 2.33. The van der Waals surface area contributed by atoms with Crippen molar-refractivity contribution in [3.8, 4) is 17.1 Å². The van der Waals surface area contributed by atoms with Gasteiger partial charge in [0.2, 0.25) is 0 Å². The van der Waals surface area contributed by atoms with Gasteiger partial charge < -0.3 is 4.74 Å². The molecule has 3 rings (SSSR count). The number of hydrogen-bond acceptors (Lipinski definition) is 5. The lowest BCUT2D eigenvalue weighted by molar-refractivity contribution is -0.162. The van der Waals surface area contributed by atoms with Crippen LogP contribution in [-0.2, 0) is 0 Å². The van der Waals surface area contributed by atoms with Gasteiger partial charge in [0, 0.05) is 22.3 Å². The first kappa shape index (κ1) is 26.1. The number of benzene rings is 2. The van der Waals surface area contributed by atoms with Crippen LogP contribution in [0.15, 0.2) is 60.9 Å². The summed E-state index contributed by atoms with van der Waals surface area (Å²) in [5.74, 6) is -2.30. The molecule has 0 radical (unpaired) electrons. The molecule has 0 aliphatic carbocycles. The number of hydrogen-bond donors (Lipinski definition) is 0. The van der Waals surface area contributed by atoms with Gasteiger partial charge in [0.25, 0.3) is 0 Å². The van der Waals surface area contributed by atoms with Gasteiger partial charge in [-0.15, -0.1) is 0 Å². The summed E-state index contributed by atoms with van der Waals surface area (Å²) in [6.45, 7) is 1.97. The standard InChI is InChI=1S/C27H27F3N2O3/c1-3-4-5-6-7-23(27(28,29)30)25(34)20-10-8-18(9-11-20)24(33)19-12-14-21(15-13-19)26-31-16-22(35-2)17-32-26/h8-17,23H,3-7H2,1-2H3. The number of rotatable bonds is 11. The van der Waals surface area contributed by atoms with E-state index in [1.54, 1.807) is 36.7 Å². The first-order valence-corrected chi connectivity index (χ1v) is 11.5. The van der Waals surface area contributed by atoms with Crippen molar-refractivity contribution in [2.75, 3.05) is 7.11 Å². The molecule has 0 spiro atoms. The number of methoxy groups -OCH3 is 1. The number of carbonyl (C=O) groups is 2. The van der Waals surface area contributed by atoms with Gasteiger partial charge in [-0.25, -0.2) is 9.97 Å². The third kappa shape index (κ3) is 6.74. The quantitative estimate of drug-likeness (QED) is 0.223. The van der Waals surface area contributed by atoms with Crippen LogP contribution in [0.1, 0.15) is 65.3 Å². The molecule has 0 N–H and O–H groups in total. The van der Waals surface area contributed by atoms with E-state index in [4.69, 9.17) is 4.74 Å². The van der Waals surface area contributed by atoms with Gasteiger partial charge in [-0.1, -0.05) is 81.1 Å². The summed E-state index contributed by atoms with van der Waals surface area (Å²) in [5.41, 5.74) is 1.33. The van der Waals surface area contributed by atoms with Crippen LogP contribution >= 0.6 is 0 Å². The van der Waals surface area contributed by atoms with Crippen molar-refractivity contribution < 1.29 is 27.5 Å². The molecule has 1 heterocycles. The lowest BCUT2D eigenvalue weighted by atomic mass is 9.90. The molecule has 35 heavy (non-hydrogen) atoms. The molecular formula is C27H27F3N2O3. The van der Waals surface area contributed by atoms with Crippen molar-refractivity contribution in [2.45, 2.75) is 45.2 Å². The second-order valence-electron chi connectivity index (χ2n) is 8.24. The Morgan fingerprint density at radius 3 is 1.91 bits per heavy atom. The maximum Gasteiger partial charge on any atom is 0.398 e. The molecule has 0 saturated carbocycles. The summed E-state index contributed by atoms with van der Waals surface area (Å²) in [4.78, 5) is 33.8. The Hall–Kier alpha value is -3.55. The van der Waals surface area contributed by atoms with Crippen molar-refractivity contribution in [3.05, 3.63) is 77.6 Å². The Morgan fingerprint density at radius 2 is 1.40 bits per heavy atom. The van der Waals surface area contributed by atoms with E-state index in [1.165, 1.54) is 31.4 Å². The smallest absolute Gasteiger partial charge is 0.398 e. The zero-order valence-corrected chi connectivity index (χ0v) is 19.6. The molecule has 0 bridgehead atoms. The zero-order valence-electron chi connectivity index (χ0n) is 19.6. The Kier molecular flexibility index (Phi) is 8.73. The molecule has 1 aromatic heterocycles. The van der Waals surface area contributed by atoms with Gasteiger partial charge in [-0.05, 0) is 6.42 Å². The van der Waals surface area contributed by atoms with Gasteiger partial charge in [-0.3, -0.25) is 9.59 Å². The highest BCUT2D eigenvalue weighted by atomic mass is 19.4. The summed E-state index contributed by atoms with van der Waals surface area (Å²) in [7, 11) is 1.52. The van der Waals surface area contributed by atoms with E-state index >= 15 is 0 Å². The lowest BCUT2D eigenvalue weighted by Crippen LogP contribution is -2.31. The SMILES string of the molecule is CCCCCCC(C(=O)c1ccc(C(=O)c2ccc(-c3ncc(OC)cn3)cc2)cc1)C(F)(F)F. The highest BCUT2D eigenvalue weighted by molar-refractivity contribution is 6.09. The van der Waals surface area contributed by atoms with Crippen LogP contribution in [0.2, 0.25) is 0 Å². The topological polar surface area (TPSA) is 69.2 Å². The Labute approximate surface area is 202 Å². The Morgan fingerprint density at radius 1 is 0.857 bits per heavy atom. The van der Waals surface area contributed by atoms with E-state index in [-0.39, 0.29) is 23.3 Å². The zero-order chi connectivity index (χ0) is 25.4. The minimum Gasteiger partial charge on any atom is -0.494 e. The van der Waals surface area contributed by atoms with Crippen molar-refractivity contribution in [3.63, 3.8) is 0 Å². The predicted molar refractivity (Wildman–Crippen MR) is 127 cm³/mol. The summed E-state index contributed by atoms with van der Waals surface area (Å²) in [6.07, 6.45) is 0.991. The van der Waals surface area contributed by atoms with Crippen molar-refractivity contribution in [1.82, 2.24) is 9.97 Å². The Balaban J connectivity index is 1.71. The van der Waals surface area contributed by atoms with E-state index in [9.17, 15) is 22.8 Å². The average molecular weight is 485 g/mol. The van der Waals surface area contributed by atoms with E-state index in [0.29, 0.717) is 35.5 Å². The van der Waals surface area contributed by atoms with Crippen LogP contribution in [0, 0.1) is 5.92 Å². The molecule has 8 heteroatoms. The van der Waals surface area contributed by atoms with Gasteiger partial charge in [0.15, 0.2) is 23.1 Å². The van der Waals surface area contributed by atoms with E-state index in [1.807, 2.05) is 6.92 Å². The maximum atomic E-state index is 13.5. The molecule has 0 aliphatic rings. The van der Waals surface area contributed by atoms with E-state index in [2.05, 4.69) is 9.97 Å². The maximum absolute atomic E-state index is 13.5. The monoisotopic (exact) mass is 484 g/mol. The largest absolute Gasteiger partial charge is 0.494 e. The minimum atomic E-state index is -4.60. The van der Waals surface area contributed by atoms with Crippen LogP contribution in [0.5, 0.6) is 5.75 Å². The number of ketones is 2. The molecule has 0 amide bonds. The van der Waals surface area contributed by atoms with Crippen molar-refractivity contribution >= 4 is 11.6 Å². The number of carbonyl (C=O) groups excluding carboxylic acids is 2. The van der Waals surface area contributed by atoms with Crippen molar-refractivity contribution in [1.29, 1.82) is 0 Å². The first-order chi connectivity index (χ1) is 16.7. The molecular weight excluding hydrogens is 457 g/mol. The van der Waals surface area contributed by atoms with Gasteiger partial charge in [0.1, 0.15) is 5.92 Å². The number of aromatic nitrogens is 2. The second kappa shape index (κ2) is 11.7. The summed E-state index contributed by atoms with van der Waals surface area (Å²) in [6, 6.07) is 12.0. The van der Waals surface area contributed by atoms with Gasteiger partial charge in [-0.2, -0.15) is 13.2 Å². The number of unbranched alkanes of at least 4 members (excludes halogenated alkanes) is 3. The average Bonchev–Trinajstić information content (AvgIpc) is 2.87. The summed E-state index contributed by atoms with van der Waals surface area (Å²) in [5, 5.41) is 0. The van der Waals surface area contributed by atoms with Crippen LogP contribution in [0.4, 0.5) is 13.2 Å². The third-order valence-corrected chi connectivity index (χ3v) is 5.76. The molecule has 184 valence electrons. The highest BCUT2D eigenvalue weighted by Gasteiger charge is 2.44. The third-order valence-electron chi connectivity index (χ3n) is 5.76. The van der Waals surface area contributed by atoms with Gasteiger partial charge >= 0.3 is 6.18 Å². The fourth-order valence-corrected chi connectivity index (χ4v) is 3.71. The second-order valence-corrected chi connectivity index (χ2v) is 8.24. The fourth-order valence-electron chi connectivity index (χ4n) is 3.71. The van der Waals surface area contributed by atoms with Gasteiger partial charge in [0.05, 0.1) is 19.5 Å². The number of halogens is 3. The number of Topliss-reactive ketones (excluding diaryl/α,β-unsaturated/α-hetero) is 1. The predicted octanol–water partition coefficient (Wildman–Crippen LogP) is 6.71. The van der Waals surface area contributed by atoms with Crippen LogP contribution in [0.3, 0.4) is 0 Å². The van der Waals surface area contributed by atoms with Crippen LogP contribution in [0.25, 0.3) is 11.4 Å². The van der Waals surface area contributed by atoms with E-state index < -0.39 is 17.9 Å². The molecule has 1 unspecified atom stereocenters. The van der Waals surface area contributed by atoms with Crippen LogP contribution < -0.4 is 4.74 Å². The normalized spacial score (nSPS) is 12.3. The first-order valence-electron chi connectivity index (χ1n) is 11.5. The Bertz CT molecular complexity index is 1130.